The number of esters is 2. The minimum Gasteiger partial charge on any atom is -0.462 e. The third kappa shape index (κ3) is 4.87. The predicted molar refractivity (Wildman–Crippen MR) is 116 cm³/mol. The third-order valence-electron chi connectivity index (χ3n) is 4.87. The summed E-state index contributed by atoms with van der Waals surface area (Å²) in [6.45, 7) is 9.48. The van der Waals surface area contributed by atoms with E-state index in [1.165, 1.54) is 6.07 Å². The number of rotatable bonds is 8. The topological polar surface area (TPSA) is 81.7 Å². The molecular formula is C24H29NO5. The van der Waals surface area contributed by atoms with Crippen molar-refractivity contribution < 1.29 is 23.9 Å². The second-order valence-corrected chi connectivity index (χ2v) is 6.72. The van der Waals surface area contributed by atoms with Gasteiger partial charge in [0.1, 0.15) is 0 Å². The average Bonchev–Trinajstić information content (AvgIpc) is 2.73. The Morgan fingerprint density at radius 3 is 2.00 bits per heavy atom. The highest BCUT2D eigenvalue weighted by atomic mass is 16.5. The Balaban J connectivity index is 2.66. The van der Waals surface area contributed by atoms with Crippen LogP contribution in [-0.4, -0.2) is 31.1 Å². The van der Waals surface area contributed by atoms with Crippen LogP contribution >= 0.6 is 0 Å². The van der Waals surface area contributed by atoms with Crippen LogP contribution in [0.1, 0.15) is 75.5 Å². The zero-order valence-corrected chi connectivity index (χ0v) is 18.3. The van der Waals surface area contributed by atoms with E-state index in [0.29, 0.717) is 29.7 Å². The molecule has 0 aliphatic carbocycles. The number of carbonyl (C=O) groups excluding carboxylic acids is 3. The molecule has 0 heterocycles. The molecule has 2 rings (SSSR count). The number of hydrogen-bond donors (Lipinski definition) is 1. The van der Waals surface area contributed by atoms with Gasteiger partial charge in [0.25, 0.3) is 5.91 Å². The maximum Gasteiger partial charge on any atom is 0.339 e. The van der Waals surface area contributed by atoms with E-state index in [0.717, 1.165) is 11.1 Å². The minimum atomic E-state index is -0.621. The van der Waals surface area contributed by atoms with E-state index in [4.69, 9.17) is 9.47 Å². The van der Waals surface area contributed by atoms with E-state index in [-0.39, 0.29) is 30.2 Å². The first-order valence-corrected chi connectivity index (χ1v) is 10.3. The number of amides is 1. The molecule has 160 valence electrons. The quantitative estimate of drug-likeness (QED) is 0.635. The summed E-state index contributed by atoms with van der Waals surface area (Å²) in [4.78, 5) is 38.3. The van der Waals surface area contributed by atoms with Gasteiger partial charge in [-0.15, -0.1) is 0 Å². The molecule has 0 unspecified atom stereocenters. The Morgan fingerprint density at radius 2 is 1.43 bits per heavy atom. The number of hydrogen-bond acceptors (Lipinski definition) is 5. The molecular weight excluding hydrogens is 382 g/mol. The molecule has 0 bridgehead atoms. The highest BCUT2D eigenvalue weighted by Crippen LogP contribution is 2.30. The molecule has 1 N–H and O–H groups in total. The number of benzene rings is 2. The lowest BCUT2D eigenvalue weighted by Gasteiger charge is -2.20. The van der Waals surface area contributed by atoms with Crippen LogP contribution in [0, 0.1) is 6.92 Å². The van der Waals surface area contributed by atoms with Gasteiger partial charge in [0.05, 0.1) is 24.3 Å². The van der Waals surface area contributed by atoms with Crippen LogP contribution in [0.3, 0.4) is 0 Å². The molecule has 0 aliphatic rings. The van der Waals surface area contributed by atoms with Gasteiger partial charge in [-0.1, -0.05) is 32.0 Å². The van der Waals surface area contributed by atoms with Crippen molar-refractivity contribution in [2.45, 2.75) is 47.5 Å². The van der Waals surface area contributed by atoms with Crippen molar-refractivity contribution >= 4 is 23.5 Å². The summed E-state index contributed by atoms with van der Waals surface area (Å²) < 4.78 is 10.4. The zero-order valence-electron chi connectivity index (χ0n) is 18.3. The van der Waals surface area contributed by atoms with Crippen molar-refractivity contribution in [3.05, 3.63) is 63.7 Å². The number of aryl methyl sites for hydroxylation is 1. The maximum absolute atomic E-state index is 12.9. The fourth-order valence-corrected chi connectivity index (χ4v) is 3.51. The SMILES string of the molecule is CCOC(=O)c1cc(NC(=O)c2ccccc2C)c(CC)c(CC)c1C(=O)OCC. The molecule has 0 atom stereocenters. The van der Waals surface area contributed by atoms with Crippen LogP contribution in [0.15, 0.2) is 30.3 Å². The fraction of sp³-hybridized carbons (Fsp3) is 0.375. The van der Waals surface area contributed by atoms with Crippen molar-refractivity contribution in [1.29, 1.82) is 0 Å². The summed E-state index contributed by atoms with van der Waals surface area (Å²) >= 11 is 0. The molecule has 0 saturated carbocycles. The molecule has 1 amide bonds. The van der Waals surface area contributed by atoms with Gasteiger partial charge in [0.2, 0.25) is 0 Å². The van der Waals surface area contributed by atoms with Crippen LogP contribution in [0.5, 0.6) is 0 Å². The molecule has 0 radical (unpaired) electrons. The van der Waals surface area contributed by atoms with Crippen molar-refractivity contribution in [3.8, 4) is 0 Å². The summed E-state index contributed by atoms with van der Waals surface area (Å²) in [5, 5.41) is 2.93. The monoisotopic (exact) mass is 411 g/mol. The summed E-state index contributed by atoms with van der Waals surface area (Å²) in [7, 11) is 0. The smallest absolute Gasteiger partial charge is 0.339 e. The molecule has 30 heavy (non-hydrogen) atoms. The molecule has 0 fully saturated rings. The van der Waals surface area contributed by atoms with Gasteiger partial charge in [-0.2, -0.15) is 0 Å². The average molecular weight is 411 g/mol. The number of carbonyl (C=O) groups is 3. The van der Waals surface area contributed by atoms with Gasteiger partial charge in [-0.05, 0) is 62.4 Å². The van der Waals surface area contributed by atoms with Gasteiger partial charge >= 0.3 is 11.9 Å². The van der Waals surface area contributed by atoms with Crippen LogP contribution in [0.4, 0.5) is 5.69 Å². The second kappa shape index (κ2) is 10.6. The third-order valence-corrected chi connectivity index (χ3v) is 4.87. The van der Waals surface area contributed by atoms with E-state index in [9.17, 15) is 14.4 Å². The van der Waals surface area contributed by atoms with E-state index in [2.05, 4.69) is 5.32 Å². The number of nitrogens with one attached hydrogen (secondary N) is 1. The lowest BCUT2D eigenvalue weighted by atomic mass is 9.90. The van der Waals surface area contributed by atoms with Crippen molar-refractivity contribution in [2.75, 3.05) is 18.5 Å². The molecule has 2 aromatic carbocycles. The summed E-state index contributed by atoms with van der Waals surface area (Å²) in [5.74, 6) is -1.46. The van der Waals surface area contributed by atoms with Crippen molar-refractivity contribution in [1.82, 2.24) is 0 Å². The van der Waals surface area contributed by atoms with E-state index >= 15 is 0 Å². The lowest BCUT2D eigenvalue weighted by molar-refractivity contribution is 0.0478. The Labute approximate surface area is 177 Å². The Hall–Kier alpha value is -3.15. The first-order chi connectivity index (χ1) is 14.4. The normalized spacial score (nSPS) is 10.4. The van der Waals surface area contributed by atoms with Gasteiger partial charge in [0.15, 0.2) is 0 Å². The van der Waals surface area contributed by atoms with Crippen LogP contribution in [-0.2, 0) is 22.3 Å². The van der Waals surface area contributed by atoms with Crippen LogP contribution in [0.2, 0.25) is 0 Å². The lowest BCUT2D eigenvalue weighted by Crippen LogP contribution is -2.21. The molecule has 0 aliphatic heterocycles. The summed E-state index contributed by atoms with van der Waals surface area (Å²) in [5.41, 5.74) is 3.69. The highest BCUT2D eigenvalue weighted by molar-refractivity contribution is 6.09. The Morgan fingerprint density at radius 1 is 0.833 bits per heavy atom. The number of ether oxygens (including phenoxy) is 2. The summed E-state index contributed by atoms with van der Waals surface area (Å²) in [6.07, 6.45) is 1.07. The molecule has 6 heteroatoms. The first kappa shape index (κ1) is 23.1. The summed E-state index contributed by atoms with van der Waals surface area (Å²) in [6, 6.07) is 8.80. The molecule has 0 aromatic heterocycles. The standard InChI is InChI=1S/C24H29NO5/c1-6-16-17(7-2)21(24(28)30-9-4)19(23(27)29-8-3)14-20(16)25-22(26)18-13-11-10-12-15(18)5/h10-14H,6-9H2,1-5H3,(H,25,26). The van der Waals surface area contributed by atoms with Gasteiger partial charge in [-0.3, -0.25) is 4.79 Å². The molecule has 0 saturated heterocycles. The van der Waals surface area contributed by atoms with Gasteiger partial charge < -0.3 is 14.8 Å². The Bertz CT molecular complexity index is 949. The fourth-order valence-electron chi connectivity index (χ4n) is 3.51. The van der Waals surface area contributed by atoms with E-state index < -0.39 is 11.9 Å². The first-order valence-electron chi connectivity index (χ1n) is 10.3. The van der Waals surface area contributed by atoms with Crippen LogP contribution < -0.4 is 5.32 Å². The van der Waals surface area contributed by atoms with Gasteiger partial charge in [-0.25, -0.2) is 9.59 Å². The highest BCUT2D eigenvalue weighted by Gasteiger charge is 2.27. The zero-order chi connectivity index (χ0) is 22.3. The van der Waals surface area contributed by atoms with Crippen LogP contribution in [0.25, 0.3) is 0 Å². The largest absolute Gasteiger partial charge is 0.462 e. The van der Waals surface area contributed by atoms with E-state index in [1.807, 2.05) is 32.9 Å². The van der Waals surface area contributed by atoms with Gasteiger partial charge in [0, 0.05) is 11.3 Å². The maximum atomic E-state index is 12.9. The number of anilines is 1. The molecule has 0 spiro atoms. The molecule has 6 nitrogen and oxygen atoms in total. The predicted octanol–water partition coefficient (Wildman–Crippen LogP) is 4.73. The van der Waals surface area contributed by atoms with Crippen molar-refractivity contribution in [3.63, 3.8) is 0 Å². The minimum absolute atomic E-state index is 0.101. The second-order valence-electron chi connectivity index (χ2n) is 6.72. The molecule has 2 aromatic rings. The van der Waals surface area contributed by atoms with Crippen molar-refractivity contribution in [2.24, 2.45) is 0 Å². The van der Waals surface area contributed by atoms with E-state index in [1.54, 1.807) is 26.0 Å². The Kier molecular flexibility index (Phi) is 8.16.